The van der Waals surface area contributed by atoms with Gasteiger partial charge in [-0.3, -0.25) is 4.90 Å². The zero-order chi connectivity index (χ0) is 13.0. The Bertz CT molecular complexity index is 243. The molecule has 106 valence electrons. The van der Waals surface area contributed by atoms with Crippen LogP contribution in [0.4, 0.5) is 0 Å². The Balaban J connectivity index is 1.91. The van der Waals surface area contributed by atoms with Crippen molar-refractivity contribution in [2.75, 3.05) is 19.7 Å². The Labute approximate surface area is 112 Å². The third-order valence-electron chi connectivity index (χ3n) is 4.29. The Kier molecular flexibility index (Phi) is 5.46. The molecule has 1 aliphatic heterocycles. The molecule has 3 unspecified atom stereocenters. The van der Waals surface area contributed by atoms with Crippen LogP contribution in [0.5, 0.6) is 0 Å². The predicted molar refractivity (Wildman–Crippen MR) is 75.9 cm³/mol. The van der Waals surface area contributed by atoms with Gasteiger partial charge in [-0.1, -0.05) is 20.3 Å². The van der Waals surface area contributed by atoms with Gasteiger partial charge >= 0.3 is 0 Å². The normalized spacial score (nSPS) is 31.5. The molecule has 2 rings (SSSR count). The molecule has 0 radical (unpaired) electrons. The minimum Gasteiger partial charge on any atom is -0.376 e. The molecule has 1 heterocycles. The van der Waals surface area contributed by atoms with Crippen LogP contribution in [0.1, 0.15) is 52.9 Å². The monoisotopic (exact) mass is 254 g/mol. The first-order valence-electron chi connectivity index (χ1n) is 7.85. The van der Waals surface area contributed by atoms with Crippen molar-refractivity contribution in [3.63, 3.8) is 0 Å². The summed E-state index contributed by atoms with van der Waals surface area (Å²) in [4.78, 5) is 2.72. The van der Waals surface area contributed by atoms with Crippen molar-refractivity contribution in [3.8, 4) is 0 Å². The Morgan fingerprint density at radius 1 is 1.33 bits per heavy atom. The molecule has 0 aromatic carbocycles. The van der Waals surface area contributed by atoms with Gasteiger partial charge in [0.1, 0.15) is 0 Å². The van der Waals surface area contributed by atoms with Crippen molar-refractivity contribution < 1.29 is 4.74 Å². The Morgan fingerprint density at radius 2 is 2.11 bits per heavy atom. The summed E-state index contributed by atoms with van der Waals surface area (Å²) in [5, 5.41) is 3.72. The molecule has 2 aliphatic rings. The lowest BCUT2D eigenvalue weighted by Gasteiger charge is -2.43. The van der Waals surface area contributed by atoms with E-state index in [1.54, 1.807) is 0 Å². The second-order valence-electron chi connectivity index (χ2n) is 6.03. The minimum atomic E-state index is 0.396. The highest BCUT2D eigenvalue weighted by Crippen LogP contribution is 2.22. The zero-order valence-electron chi connectivity index (χ0n) is 12.3. The molecule has 0 aromatic heterocycles. The van der Waals surface area contributed by atoms with Gasteiger partial charge in [0, 0.05) is 31.2 Å². The van der Waals surface area contributed by atoms with Crippen molar-refractivity contribution in [1.82, 2.24) is 10.2 Å². The number of nitrogens with zero attached hydrogens (tertiary/aromatic N) is 1. The van der Waals surface area contributed by atoms with E-state index in [2.05, 4.69) is 31.0 Å². The van der Waals surface area contributed by atoms with E-state index >= 15 is 0 Å². The molecule has 0 amide bonds. The van der Waals surface area contributed by atoms with Gasteiger partial charge in [-0.2, -0.15) is 0 Å². The number of hydrogen-bond acceptors (Lipinski definition) is 3. The van der Waals surface area contributed by atoms with Crippen LogP contribution in [0.2, 0.25) is 0 Å². The first-order chi connectivity index (χ1) is 8.74. The standard InChI is InChI=1S/C15H30N2O/c1-4-6-15(9-16-13-7-8-13)17-10-12(3)18-11-14(17)5-2/h12-16H,4-11H2,1-3H3. The fraction of sp³-hybridized carbons (Fsp3) is 1.00. The maximum absolute atomic E-state index is 5.82. The summed E-state index contributed by atoms with van der Waals surface area (Å²) >= 11 is 0. The van der Waals surface area contributed by atoms with Gasteiger partial charge in [0.05, 0.1) is 12.7 Å². The number of rotatable bonds is 7. The third-order valence-corrected chi connectivity index (χ3v) is 4.29. The molecule has 0 bridgehead atoms. The van der Waals surface area contributed by atoms with E-state index in [1.807, 2.05) is 0 Å². The van der Waals surface area contributed by atoms with Gasteiger partial charge in [0.2, 0.25) is 0 Å². The number of ether oxygens (including phenoxy) is 1. The summed E-state index contributed by atoms with van der Waals surface area (Å²) in [5.41, 5.74) is 0. The molecule has 0 spiro atoms. The van der Waals surface area contributed by atoms with Gasteiger partial charge in [-0.05, 0) is 32.6 Å². The molecular weight excluding hydrogens is 224 g/mol. The molecular formula is C15H30N2O. The minimum absolute atomic E-state index is 0.396. The van der Waals surface area contributed by atoms with Crippen LogP contribution in [-0.4, -0.2) is 48.8 Å². The van der Waals surface area contributed by atoms with E-state index in [-0.39, 0.29) is 0 Å². The molecule has 3 atom stereocenters. The van der Waals surface area contributed by atoms with Crippen molar-refractivity contribution in [3.05, 3.63) is 0 Å². The summed E-state index contributed by atoms with van der Waals surface area (Å²) in [6.45, 7) is 9.98. The Hall–Kier alpha value is -0.120. The summed E-state index contributed by atoms with van der Waals surface area (Å²) < 4.78 is 5.82. The highest BCUT2D eigenvalue weighted by molar-refractivity contribution is 4.88. The van der Waals surface area contributed by atoms with Crippen LogP contribution in [0.25, 0.3) is 0 Å². The lowest BCUT2D eigenvalue weighted by atomic mass is 10.0. The molecule has 3 nitrogen and oxygen atoms in total. The van der Waals surface area contributed by atoms with Gasteiger partial charge in [0.15, 0.2) is 0 Å². The maximum Gasteiger partial charge on any atom is 0.0674 e. The molecule has 1 saturated carbocycles. The van der Waals surface area contributed by atoms with Crippen molar-refractivity contribution in [1.29, 1.82) is 0 Å². The van der Waals surface area contributed by atoms with Crippen LogP contribution in [0, 0.1) is 0 Å². The van der Waals surface area contributed by atoms with Crippen LogP contribution in [-0.2, 0) is 4.74 Å². The lowest BCUT2D eigenvalue weighted by molar-refractivity contribution is -0.0733. The van der Waals surface area contributed by atoms with Gasteiger partial charge < -0.3 is 10.1 Å². The second-order valence-corrected chi connectivity index (χ2v) is 6.03. The van der Waals surface area contributed by atoms with Gasteiger partial charge in [0.25, 0.3) is 0 Å². The van der Waals surface area contributed by atoms with E-state index in [9.17, 15) is 0 Å². The van der Waals surface area contributed by atoms with Crippen LogP contribution < -0.4 is 5.32 Å². The van der Waals surface area contributed by atoms with Gasteiger partial charge in [-0.25, -0.2) is 0 Å². The summed E-state index contributed by atoms with van der Waals surface area (Å²) in [6.07, 6.45) is 6.96. The predicted octanol–water partition coefficient (Wildman–Crippen LogP) is 2.41. The molecule has 1 N–H and O–H groups in total. The number of nitrogens with one attached hydrogen (secondary N) is 1. The van der Waals surface area contributed by atoms with Crippen molar-refractivity contribution >= 4 is 0 Å². The quantitative estimate of drug-likeness (QED) is 0.755. The van der Waals surface area contributed by atoms with Crippen LogP contribution in [0.3, 0.4) is 0 Å². The largest absolute Gasteiger partial charge is 0.376 e. The summed E-state index contributed by atoms with van der Waals surface area (Å²) in [5.74, 6) is 0. The first-order valence-corrected chi connectivity index (χ1v) is 7.85. The average Bonchev–Trinajstić information content (AvgIpc) is 3.18. The second kappa shape index (κ2) is 6.88. The zero-order valence-corrected chi connectivity index (χ0v) is 12.3. The third kappa shape index (κ3) is 3.94. The summed E-state index contributed by atoms with van der Waals surface area (Å²) in [6, 6.07) is 2.15. The van der Waals surface area contributed by atoms with E-state index < -0.39 is 0 Å². The molecule has 1 saturated heterocycles. The topological polar surface area (TPSA) is 24.5 Å². The number of morpholine rings is 1. The van der Waals surface area contributed by atoms with E-state index in [0.717, 1.165) is 19.2 Å². The molecule has 2 fully saturated rings. The molecule has 3 heteroatoms. The highest BCUT2D eigenvalue weighted by atomic mass is 16.5. The van der Waals surface area contributed by atoms with Crippen molar-refractivity contribution in [2.45, 2.75) is 77.1 Å². The van der Waals surface area contributed by atoms with Crippen LogP contribution >= 0.6 is 0 Å². The summed E-state index contributed by atoms with van der Waals surface area (Å²) in [7, 11) is 0. The van der Waals surface area contributed by atoms with E-state index in [1.165, 1.54) is 38.6 Å². The molecule has 18 heavy (non-hydrogen) atoms. The fourth-order valence-electron chi connectivity index (χ4n) is 2.98. The van der Waals surface area contributed by atoms with E-state index in [4.69, 9.17) is 4.74 Å². The average molecular weight is 254 g/mol. The molecule has 0 aromatic rings. The van der Waals surface area contributed by atoms with Crippen LogP contribution in [0.15, 0.2) is 0 Å². The molecule has 1 aliphatic carbocycles. The first kappa shape index (κ1) is 14.3. The fourth-order valence-corrected chi connectivity index (χ4v) is 2.98. The highest BCUT2D eigenvalue weighted by Gasteiger charge is 2.31. The Morgan fingerprint density at radius 3 is 2.72 bits per heavy atom. The number of hydrogen-bond donors (Lipinski definition) is 1. The smallest absolute Gasteiger partial charge is 0.0674 e. The maximum atomic E-state index is 5.82. The van der Waals surface area contributed by atoms with Crippen molar-refractivity contribution in [2.24, 2.45) is 0 Å². The van der Waals surface area contributed by atoms with Gasteiger partial charge in [-0.15, -0.1) is 0 Å². The SMILES string of the molecule is CCCC(CNC1CC1)N1CC(C)OCC1CC. The lowest BCUT2D eigenvalue weighted by Crippen LogP contribution is -2.55. The van der Waals surface area contributed by atoms with E-state index in [0.29, 0.717) is 18.2 Å².